The zero-order valence-corrected chi connectivity index (χ0v) is 13.1. The van der Waals surface area contributed by atoms with Gasteiger partial charge in [0, 0.05) is 0 Å². The van der Waals surface area contributed by atoms with Crippen LogP contribution in [0.2, 0.25) is 0 Å². The first-order valence-corrected chi connectivity index (χ1v) is 6.07. The average Bonchev–Trinajstić information content (AvgIpc) is 2.30. The van der Waals surface area contributed by atoms with Crippen molar-refractivity contribution in [2.75, 3.05) is 0 Å². The Balaban J connectivity index is 0.00000128. The molecule has 0 spiro atoms. The van der Waals surface area contributed by atoms with E-state index in [0.717, 1.165) is 33.7 Å². The molecular formula is C12H7BrN2Zn. The summed E-state index contributed by atoms with van der Waals surface area (Å²) in [5.74, 6) is 0. The predicted octanol–water partition coefficient (Wildman–Crippen LogP) is -1.20. The molecule has 0 bridgehead atoms. The number of nitriles is 1. The fraction of sp³-hybridized carbons (Fsp3) is 0. The fourth-order valence-corrected chi connectivity index (χ4v) is 2.06. The van der Waals surface area contributed by atoms with Gasteiger partial charge in [0.2, 0.25) is 0 Å². The number of halogens is 1. The molecular weight excluding hydrogens is 317 g/mol. The Morgan fingerprint density at radius 3 is 2.50 bits per heavy atom. The molecule has 0 radical (unpaired) electrons. The van der Waals surface area contributed by atoms with Crippen molar-refractivity contribution in [3.8, 4) is 17.2 Å². The summed E-state index contributed by atoms with van der Waals surface area (Å²) >= 11 is 1.01. The van der Waals surface area contributed by atoms with E-state index in [1.807, 2.05) is 36.4 Å². The van der Waals surface area contributed by atoms with Gasteiger partial charge < -0.3 is 17.0 Å². The van der Waals surface area contributed by atoms with E-state index >= 15 is 0 Å². The van der Waals surface area contributed by atoms with Crippen molar-refractivity contribution in [1.29, 1.82) is 5.26 Å². The molecule has 1 aromatic carbocycles. The Morgan fingerprint density at radius 1 is 1.19 bits per heavy atom. The maximum atomic E-state index is 8.99. The van der Waals surface area contributed by atoms with Crippen LogP contribution in [0.4, 0.5) is 0 Å². The van der Waals surface area contributed by atoms with Gasteiger partial charge in [0.1, 0.15) is 0 Å². The maximum absolute atomic E-state index is 8.99. The van der Waals surface area contributed by atoms with Crippen LogP contribution in [0, 0.1) is 11.3 Å². The van der Waals surface area contributed by atoms with Crippen LogP contribution in [0.15, 0.2) is 42.6 Å². The van der Waals surface area contributed by atoms with E-state index < -0.39 is 0 Å². The second-order valence-corrected chi connectivity index (χ2v) is 4.72. The number of hydrogen-bond donors (Lipinski definition) is 0. The number of pyridine rings is 1. The summed E-state index contributed by atoms with van der Waals surface area (Å²) in [5, 5.41) is 8.99. The van der Waals surface area contributed by atoms with Crippen LogP contribution in [-0.2, 0) is 18.3 Å². The molecule has 16 heavy (non-hydrogen) atoms. The molecule has 0 aliphatic heterocycles. The number of hydrogen-bond acceptors (Lipinski definition) is 2. The van der Waals surface area contributed by atoms with E-state index in [4.69, 9.17) is 5.26 Å². The van der Waals surface area contributed by atoms with Gasteiger partial charge >= 0.3 is 98.2 Å². The largest absolute Gasteiger partial charge is 1.00 e. The summed E-state index contributed by atoms with van der Waals surface area (Å²) in [4.78, 5) is 4.17. The summed E-state index contributed by atoms with van der Waals surface area (Å²) in [5.41, 5.74) is 2.69. The minimum atomic E-state index is 0. The summed E-state index contributed by atoms with van der Waals surface area (Å²) in [6, 6.07) is 14.1. The minimum Gasteiger partial charge on any atom is -1.00 e. The van der Waals surface area contributed by atoms with E-state index in [1.165, 1.54) is 0 Å². The Kier molecular flexibility index (Phi) is 4.80. The van der Waals surface area contributed by atoms with Crippen molar-refractivity contribution < 1.29 is 35.3 Å². The molecule has 1 heterocycles. The van der Waals surface area contributed by atoms with Crippen molar-refractivity contribution >= 4 is 4.29 Å². The summed E-state index contributed by atoms with van der Waals surface area (Å²) in [6.07, 6.45) is 1.65. The van der Waals surface area contributed by atoms with Crippen LogP contribution in [0.25, 0.3) is 11.1 Å². The SMILES string of the molecule is N#Cc1cn[c]([Zn+])cc1-c1ccccc1.[Br-]. The van der Waals surface area contributed by atoms with Crippen molar-refractivity contribution in [2.45, 2.75) is 0 Å². The predicted molar refractivity (Wildman–Crippen MR) is 54.0 cm³/mol. The van der Waals surface area contributed by atoms with Crippen molar-refractivity contribution in [1.82, 2.24) is 4.98 Å². The third-order valence-corrected chi connectivity index (χ3v) is 2.98. The van der Waals surface area contributed by atoms with Crippen LogP contribution in [-0.4, -0.2) is 4.98 Å². The summed E-state index contributed by atoms with van der Waals surface area (Å²) in [6.45, 7) is 0. The monoisotopic (exact) mass is 322 g/mol. The van der Waals surface area contributed by atoms with Gasteiger partial charge in [-0.05, 0) is 0 Å². The van der Waals surface area contributed by atoms with Crippen LogP contribution in [0.5, 0.6) is 0 Å². The molecule has 0 aliphatic rings. The van der Waals surface area contributed by atoms with Gasteiger partial charge in [-0.3, -0.25) is 0 Å². The molecule has 2 rings (SSSR count). The van der Waals surface area contributed by atoms with Gasteiger partial charge in [-0.2, -0.15) is 0 Å². The van der Waals surface area contributed by atoms with Crippen LogP contribution < -0.4 is 21.3 Å². The normalized spacial score (nSPS) is 9.06. The number of nitrogens with zero attached hydrogens (tertiary/aromatic N) is 2. The van der Waals surface area contributed by atoms with Crippen molar-refractivity contribution in [3.05, 3.63) is 48.2 Å². The van der Waals surface area contributed by atoms with Gasteiger partial charge in [-0.1, -0.05) is 0 Å². The third-order valence-electron chi connectivity index (χ3n) is 2.17. The number of rotatable bonds is 1. The Morgan fingerprint density at radius 2 is 1.88 bits per heavy atom. The standard InChI is InChI=1S/C12H7N2.BrH.Zn/c13-8-11-9-14-7-6-12(11)10-4-2-1-3-5-10;;/h1-6,9H;1H;/q;;+1/p-1. The molecule has 0 saturated carbocycles. The van der Waals surface area contributed by atoms with Crippen molar-refractivity contribution in [3.63, 3.8) is 0 Å². The van der Waals surface area contributed by atoms with E-state index in [9.17, 15) is 0 Å². The number of benzene rings is 1. The molecule has 2 nitrogen and oxygen atoms in total. The average molecular weight is 324 g/mol. The topological polar surface area (TPSA) is 36.7 Å². The third kappa shape index (κ3) is 2.75. The first-order chi connectivity index (χ1) is 7.31. The smallest absolute Gasteiger partial charge is 1.00 e. The van der Waals surface area contributed by atoms with Crippen LogP contribution >= 0.6 is 0 Å². The zero-order valence-electron chi connectivity index (χ0n) is 8.52. The van der Waals surface area contributed by atoms with Gasteiger partial charge in [0.25, 0.3) is 0 Å². The van der Waals surface area contributed by atoms with Gasteiger partial charge in [0.15, 0.2) is 0 Å². The maximum Gasteiger partial charge on any atom is -1.00 e. The molecule has 2 aromatic rings. The fourth-order valence-electron chi connectivity index (χ4n) is 1.44. The van der Waals surface area contributed by atoms with E-state index in [2.05, 4.69) is 11.1 Å². The minimum absolute atomic E-state index is 0. The molecule has 0 amide bonds. The molecule has 4 heteroatoms. The second kappa shape index (κ2) is 5.89. The van der Waals surface area contributed by atoms with E-state index in [-0.39, 0.29) is 17.0 Å². The Labute approximate surface area is 115 Å². The molecule has 0 fully saturated rings. The van der Waals surface area contributed by atoms with Crippen molar-refractivity contribution in [2.24, 2.45) is 0 Å². The second-order valence-electron chi connectivity index (χ2n) is 3.20. The Bertz CT molecular complexity index is 520. The quantitative estimate of drug-likeness (QED) is 0.618. The van der Waals surface area contributed by atoms with Gasteiger partial charge in [-0.25, -0.2) is 0 Å². The molecule has 0 unspecified atom stereocenters. The molecule has 0 atom stereocenters. The molecule has 74 valence electrons. The first-order valence-electron chi connectivity index (χ1n) is 4.59. The van der Waals surface area contributed by atoms with E-state index in [1.54, 1.807) is 6.20 Å². The molecule has 0 N–H and O–H groups in total. The van der Waals surface area contributed by atoms with Crippen LogP contribution in [0.3, 0.4) is 0 Å². The van der Waals surface area contributed by atoms with Gasteiger partial charge in [-0.15, -0.1) is 0 Å². The van der Waals surface area contributed by atoms with Crippen LogP contribution in [0.1, 0.15) is 5.56 Å². The Hall–Kier alpha value is -1.04. The zero-order chi connectivity index (χ0) is 10.7. The molecule has 0 aliphatic carbocycles. The first kappa shape index (κ1) is 13.0. The van der Waals surface area contributed by atoms with Gasteiger partial charge in [0.05, 0.1) is 0 Å². The van der Waals surface area contributed by atoms with E-state index in [0.29, 0.717) is 5.56 Å². The summed E-state index contributed by atoms with van der Waals surface area (Å²) in [7, 11) is 0. The molecule has 1 aromatic heterocycles. The number of aromatic nitrogens is 1. The molecule has 0 saturated heterocycles. The summed E-state index contributed by atoms with van der Waals surface area (Å²) < 4.78 is 1.05.